The number of carbonyl (C=O) groups excluding carboxylic acids is 1. The third-order valence-electron chi connectivity index (χ3n) is 1.57. The van der Waals surface area contributed by atoms with E-state index >= 15 is 0 Å². The Morgan fingerprint density at radius 2 is 2.43 bits per heavy atom. The molecule has 72 valence electrons. The monoisotopic (exact) mass is 192 g/mol. The van der Waals surface area contributed by atoms with Crippen LogP contribution in [0.3, 0.4) is 0 Å². The molecule has 14 heavy (non-hydrogen) atoms. The molecule has 0 saturated heterocycles. The number of hydrogen-bond acceptors (Lipinski definition) is 5. The molecule has 2 aromatic heterocycles. The van der Waals surface area contributed by atoms with E-state index in [9.17, 15) is 4.79 Å². The van der Waals surface area contributed by atoms with Crippen molar-refractivity contribution >= 4 is 23.3 Å². The number of fused-ring (bicyclic) bond motifs is 1. The van der Waals surface area contributed by atoms with Gasteiger partial charge in [0.25, 0.3) is 0 Å². The molecule has 0 aromatic carbocycles. The van der Waals surface area contributed by atoms with Crippen molar-refractivity contribution in [1.82, 2.24) is 19.6 Å². The van der Waals surface area contributed by atoms with Crippen LogP contribution < -0.4 is 11.1 Å². The summed E-state index contributed by atoms with van der Waals surface area (Å²) in [7, 11) is 0. The standard InChI is InChI=1S/C7H8N6O/c1-4(14)11-7-12-5(8)2-6-9-3-10-13(6)7/h2-3H,8H2,1H3,(H,11,12,14). The number of aromatic nitrogens is 4. The molecule has 1 amide bonds. The van der Waals surface area contributed by atoms with Gasteiger partial charge in [0.1, 0.15) is 12.1 Å². The zero-order valence-electron chi connectivity index (χ0n) is 7.43. The van der Waals surface area contributed by atoms with Crippen LogP contribution in [0.5, 0.6) is 0 Å². The summed E-state index contributed by atoms with van der Waals surface area (Å²) >= 11 is 0. The minimum atomic E-state index is -0.236. The van der Waals surface area contributed by atoms with Gasteiger partial charge >= 0.3 is 0 Å². The molecule has 7 heteroatoms. The zero-order valence-corrected chi connectivity index (χ0v) is 7.43. The average molecular weight is 192 g/mol. The summed E-state index contributed by atoms with van der Waals surface area (Å²) in [6, 6.07) is 1.57. The Balaban J connectivity index is 2.60. The Morgan fingerprint density at radius 1 is 1.64 bits per heavy atom. The predicted octanol–water partition coefficient (Wildman–Crippen LogP) is -0.335. The lowest BCUT2D eigenvalue weighted by Gasteiger charge is -2.03. The lowest BCUT2D eigenvalue weighted by Crippen LogP contribution is -2.13. The van der Waals surface area contributed by atoms with E-state index in [0.717, 1.165) is 0 Å². The highest BCUT2D eigenvalue weighted by molar-refractivity contribution is 5.87. The second-order valence-corrected chi connectivity index (χ2v) is 2.72. The number of hydrogen-bond donors (Lipinski definition) is 2. The first-order chi connectivity index (χ1) is 6.66. The maximum atomic E-state index is 10.8. The summed E-state index contributed by atoms with van der Waals surface area (Å²) in [5.74, 6) is 0.319. The predicted molar refractivity (Wildman–Crippen MR) is 49.5 cm³/mol. The van der Waals surface area contributed by atoms with Crippen molar-refractivity contribution in [2.24, 2.45) is 0 Å². The SMILES string of the molecule is CC(=O)Nc1nc(N)cc2ncnn12. The van der Waals surface area contributed by atoms with Crippen molar-refractivity contribution in [1.29, 1.82) is 0 Å². The number of nitrogen functional groups attached to an aromatic ring is 1. The molecular weight excluding hydrogens is 184 g/mol. The fourth-order valence-corrected chi connectivity index (χ4v) is 1.08. The van der Waals surface area contributed by atoms with Crippen molar-refractivity contribution in [3.8, 4) is 0 Å². The first-order valence-electron chi connectivity index (χ1n) is 3.90. The zero-order chi connectivity index (χ0) is 10.1. The van der Waals surface area contributed by atoms with Gasteiger partial charge in [0.2, 0.25) is 11.9 Å². The molecule has 0 fully saturated rings. The molecule has 0 spiro atoms. The first kappa shape index (κ1) is 8.42. The van der Waals surface area contributed by atoms with Crippen LogP contribution in [0.15, 0.2) is 12.4 Å². The van der Waals surface area contributed by atoms with Crippen molar-refractivity contribution in [2.75, 3.05) is 11.1 Å². The minimum absolute atomic E-state index is 0.236. The second-order valence-electron chi connectivity index (χ2n) is 2.72. The summed E-state index contributed by atoms with van der Waals surface area (Å²) in [6.07, 6.45) is 1.36. The molecule has 0 bridgehead atoms. The number of amides is 1. The molecule has 7 nitrogen and oxygen atoms in total. The van der Waals surface area contributed by atoms with Crippen LogP contribution in [0.25, 0.3) is 5.65 Å². The Bertz CT molecular complexity index is 490. The molecule has 2 heterocycles. The molecule has 2 rings (SSSR count). The number of nitrogens with zero attached hydrogens (tertiary/aromatic N) is 4. The van der Waals surface area contributed by atoms with Crippen molar-refractivity contribution in [2.45, 2.75) is 6.92 Å². The fourth-order valence-electron chi connectivity index (χ4n) is 1.08. The first-order valence-corrected chi connectivity index (χ1v) is 3.90. The quantitative estimate of drug-likeness (QED) is 0.644. The average Bonchev–Trinajstić information content (AvgIpc) is 2.50. The van der Waals surface area contributed by atoms with Gasteiger partial charge in [0.05, 0.1) is 0 Å². The third kappa shape index (κ3) is 1.35. The Morgan fingerprint density at radius 3 is 3.14 bits per heavy atom. The highest BCUT2D eigenvalue weighted by Gasteiger charge is 2.06. The summed E-state index contributed by atoms with van der Waals surface area (Å²) < 4.78 is 1.40. The molecule has 0 atom stereocenters. The summed E-state index contributed by atoms with van der Waals surface area (Å²) in [5, 5.41) is 6.39. The topological polar surface area (TPSA) is 98.2 Å². The Kier molecular flexibility index (Phi) is 1.77. The van der Waals surface area contributed by atoms with E-state index in [1.165, 1.54) is 17.8 Å². The van der Waals surface area contributed by atoms with E-state index in [4.69, 9.17) is 5.73 Å². The summed E-state index contributed by atoms with van der Waals surface area (Å²) in [4.78, 5) is 18.7. The third-order valence-corrected chi connectivity index (χ3v) is 1.57. The van der Waals surface area contributed by atoms with Gasteiger partial charge in [-0.2, -0.15) is 14.6 Å². The molecule has 0 aliphatic rings. The molecule has 0 aliphatic heterocycles. The second kappa shape index (κ2) is 2.95. The molecule has 2 aromatic rings. The van der Waals surface area contributed by atoms with E-state index in [0.29, 0.717) is 5.65 Å². The van der Waals surface area contributed by atoms with Crippen molar-refractivity contribution < 1.29 is 4.79 Å². The van der Waals surface area contributed by atoms with Crippen LogP contribution in [-0.4, -0.2) is 25.5 Å². The molecule has 0 aliphatic carbocycles. The van der Waals surface area contributed by atoms with E-state index in [1.54, 1.807) is 6.07 Å². The Hall–Kier alpha value is -2.18. The maximum absolute atomic E-state index is 10.8. The maximum Gasteiger partial charge on any atom is 0.234 e. The van der Waals surface area contributed by atoms with E-state index in [1.807, 2.05) is 0 Å². The molecule has 0 saturated carbocycles. The molecule has 0 unspecified atom stereocenters. The van der Waals surface area contributed by atoms with Crippen LogP contribution in [0.4, 0.5) is 11.8 Å². The van der Waals surface area contributed by atoms with Gasteiger partial charge in [-0.25, -0.2) is 4.98 Å². The summed E-state index contributed by atoms with van der Waals surface area (Å²) in [5.41, 5.74) is 6.06. The van der Waals surface area contributed by atoms with E-state index in [-0.39, 0.29) is 17.7 Å². The fraction of sp³-hybridized carbons (Fsp3) is 0.143. The van der Waals surface area contributed by atoms with Crippen LogP contribution in [0.2, 0.25) is 0 Å². The van der Waals surface area contributed by atoms with E-state index < -0.39 is 0 Å². The number of rotatable bonds is 1. The van der Waals surface area contributed by atoms with Gasteiger partial charge < -0.3 is 5.73 Å². The molecular formula is C7H8N6O. The van der Waals surface area contributed by atoms with Gasteiger partial charge in [-0.3, -0.25) is 10.1 Å². The van der Waals surface area contributed by atoms with Gasteiger partial charge in [-0.15, -0.1) is 0 Å². The van der Waals surface area contributed by atoms with Crippen molar-refractivity contribution in [3.63, 3.8) is 0 Å². The van der Waals surface area contributed by atoms with Gasteiger partial charge in [0.15, 0.2) is 5.65 Å². The van der Waals surface area contributed by atoms with Gasteiger partial charge in [-0.05, 0) is 0 Å². The van der Waals surface area contributed by atoms with Crippen LogP contribution in [-0.2, 0) is 4.79 Å². The van der Waals surface area contributed by atoms with Gasteiger partial charge in [-0.1, -0.05) is 0 Å². The highest BCUT2D eigenvalue weighted by Crippen LogP contribution is 2.09. The highest BCUT2D eigenvalue weighted by atomic mass is 16.1. The van der Waals surface area contributed by atoms with Crippen molar-refractivity contribution in [3.05, 3.63) is 12.4 Å². The van der Waals surface area contributed by atoms with Crippen LogP contribution in [0, 0.1) is 0 Å². The van der Waals surface area contributed by atoms with E-state index in [2.05, 4.69) is 20.4 Å². The van der Waals surface area contributed by atoms with Crippen LogP contribution >= 0.6 is 0 Å². The number of carbonyl (C=O) groups is 1. The van der Waals surface area contributed by atoms with Crippen LogP contribution in [0.1, 0.15) is 6.92 Å². The lowest BCUT2D eigenvalue weighted by molar-refractivity contribution is -0.114. The number of anilines is 2. The Labute approximate surface area is 79.0 Å². The number of nitrogens with two attached hydrogens (primary N) is 1. The van der Waals surface area contributed by atoms with Gasteiger partial charge in [0, 0.05) is 13.0 Å². The normalized spacial score (nSPS) is 10.4. The smallest absolute Gasteiger partial charge is 0.234 e. The molecule has 0 radical (unpaired) electrons. The largest absolute Gasteiger partial charge is 0.383 e. The molecule has 3 N–H and O–H groups in total. The summed E-state index contributed by atoms with van der Waals surface area (Å²) in [6.45, 7) is 1.38. The number of nitrogens with one attached hydrogen (secondary N) is 1. The lowest BCUT2D eigenvalue weighted by atomic mass is 10.5. The minimum Gasteiger partial charge on any atom is -0.383 e.